The fourth-order valence-electron chi connectivity index (χ4n) is 2.33. The van der Waals surface area contributed by atoms with Gasteiger partial charge in [-0.15, -0.1) is 21.5 Å². The quantitative estimate of drug-likeness (QED) is 0.605. The first-order valence-corrected chi connectivity index (χ1v) is 8.81. The zero-order chi connectivity index (χ0) is 15.6. The summed E-state index contributed by atoms with van der Waals surface area (Å²) in [5.74, 6) is 0.852. The van der Waals surface area contributed by atoms with Gasteiger partial charge in [-0.2, -0.15) is 0 Å². The fraction of sp³-hybridized carbons (Fsp3) is 0.125. The highest BCUT2D eigenvalue weighted by Gasteiger charge is 2.10. The molecule has 0 saturated carbocycles. The number of thiophene rings is 1. The van der Waals surface area contributed by atoms with Crippen LogP contribution in [0.3, 0.4) is 0 Å². The van der Waals surface area contributed by atoms with Crippen molar-refractivity contribution >= 4 is 38.7 Å². The lowest BCUT2D eigenvalue weighted by Crippen LogP contribution is -2.02. The molecule has 0 aliphatic heterocycles. The monoisotopic (exact) mass is 339 g/mol. The number of nitrogens with one attached hydrogen (secondary N) is 1. The van der Waals surface area contributed by atoms with E-state index >= 15 is 0 Å². The fourth-order valence-corrected chi connectivity index (χ4v) is 4.01. The Bertz CT molecular complexity index is 945. The van der Waals surface area contributed by atoms with Gasteiger partial charge in [0.2, 0.25) is 0 Å². The van der Waals surface area contributed by atoms with Crippen molar-refractivity contribution in [1.82, 2.24) is 20.2 Å². The molecular formula is C16H13N5S2. The molecule has 0 fully saturated rings. The van der Waals surface area contributed by atoms with Crippen molar-refractivity contribution in [2.75, 3.05) is 5.32 Å². The van der Waals surface area contributed by atoms with Crippen LogP contribution in [0.15, 0.2) is 42.0 Å². The zero-order valence-corrected chi connectivity index (χ0v) is 14.0. The van der Waals surface area contributed by atoms with Gasteiger partial charge in [0.25, 0.3) is 0 Å². The Morgan fingerprint density at radius 1 is 1.09 bits per heavy atom. The van der Waals surface area contributed by atoms with E-state index in [1.807, 2.05) is 30.3 Å². The molecule has 1 N–H and O–H groups in total. The predicted molar refractivity (Wildman–Crippen MR) is 94.8 cm³/mol. The molecule has 0 unspecified atom stereocenters. The molecule has 0 radical (unpaired) electrons. The number of fused-ring (bicyclic) bond motifs is 1. The Hall–Kier alpha value is -2.38. The van der Waals surface area contributed by atoms with Crippen LogP contribution in [0.5, 0.6) is 0 Å². The maximum absolute atomic E-state index is 4.36. The number of aryl methyl sites for hydroxylation is 1. The van der Waals surface area contributed by atoms with Gasteiger partial charge in [-0.25, -0.2) is 9.97 Å². The lowest BCUT2D eigenvalue weighted by atomic mass is 10.2. The third-order valence-electron chi connectivity index (χ3n) is 3.45. The molecule has 4 aromatic rings. The van der Waals surface area contributed by atoms with Gasteiger partial charge >= 0.3 is 0 Å². The lowest BCUT2D eigenvalue weighted by molar-refractivity contribution is 0.986. The maximum atomic E-state index is 4.36. The molecule has 0 bridgehead atoms. The Morgan fingerprint density at radius 3 is 2.83 bits per heavy atom. The molecule has 7 heteroatoms. The Balaban J connectivity index is 1.55. The minimum absolute atomic E-state index is 0.603. The van der Waals surface area contributed by atoms with Crippen molar-refractivity contribution in [2.45, 2.75) is 13.5 Å². The molecule has 3 aromatic heterocycles. The Labute approximate surface area is 141 Å². The molecule has 0 aliphatic carbocycles. The summed E-state index contributed by atoms with van der Waals surface area (Å²) in [4.78, 5) is 9.67. The number of aromatic nitrogens is 4. The first-order chi connectivity index (χ1) is 11.3. The van der Waals surface area contributed by atoms with Gasteiger partial charge in [-0.1, -0.05) is 41.7 Å². The van der Waals surface area contributed by atoms with Gasteiger partial charge in [-0.3, -0.25) is 0 Å². The normalized spacial score (nSPS) is 11.0. The van der Waals surface area contributed by atoms with Gasteiger partial charge in [0.05, 0.1) is 11.9 Å². The second-order valence-corrected chi connectivity index (χ2v) is 6.96. The molecular weight excluding hydrogens is 326 g/mol. The van der Waals surface area contributed by atoms with Gasteiger partial charge < -0.3 is 5.32 Å². The largest absolute Gasteiger partial charge is 0.363 e. The molecule has 114 valence electrons. The highest BCUT2D eigenvalue weighted by atomic mass is 32.1. The van der Waals surface area contributed by atoms with Gasteiger partial charge in [-0.05, 0) is 17.9 Å². The Kier molecular flexibility index (Phi) is 3.72. The number of nitrogens with zero attached hydrogens (tertiary/aromatic N) is 4. The molecule has 0 aliphatic rings. The molecule has 5 nitrogen and oxygen atoms in total. The molecule has 0 atom stereocenters. The number of benzene rings is 1. The topological polar surface area (TPSA) is 63.6 Å². The number of hydrogen-bond acceptors (Lipinski definition) is 7. The first-order valence-electron chi connectivity index (χ1n) is 7.12. The van der Waals surface area contributed by atoms with E-state index in [1.54, 1.807) is 29.0 Å². The summed E-state index contributed by atoms with van der Waals surface area (Å²) in [6.07, 6.45) is 1.59. The van der Waals surface area contributed by atoms with Crippen LogP contribution in [0.25, 0.3) is 20.8 Å². The highest BCUT2D eigenvalue weighted by Crippen LogP contribution is 2.29. The zero-order valence-electron chi connectivity index (χ0n) is 12.4. The van der Waals surface area contributed by atoms with Crippen LogP contribution in [0, 0.1) is 6.92 Å². The summed E-state index contributed by atoms with van der Waals surface area (Å²) >= 11 is 3.23. The van der Waals surface area contributed by atoms with Gasteiger partial charge in [0.15, 0.2) is 0 Å². The van der Waals surface area contributed by atoms with E-state index < -0.39 is 0 Å². The molecule has 3 heterocycles. The van der Waals surface area contributed by atoms with Gasteiger partial charge in [0, 0.05) is 5.56 Å². The number of hydrogen-bond donors (Lipinski definition) is 1. The molecule has 0 saturated heterocycles. The van der Waals surface area contributed by atoms with E-state index in [-0.39, 0.29) is 0 Å². The molecule has 0 spiro atoms. The van der Waals surface area contributed by atoms with E-state index in [4.69, 9.17) is 0 Å². The number of rotatable bonds is 4. The van der Waals surface area contributed by atoms with Crippen molar-refractivity contribution in [2.24, 2.45) is 0 Å². The summed E-state index contributed by atoms with van der Waals surface area (Å²) in [6.45, 7) is 2.68. The van der Waals surface area contributed by atoms with E-state index in [0.717, 1.165) is 31.6 Å². The van der Waals surface area contributed by atoms with E-state index in [1.165, 1.54) is 5.56 Å². The van der Waals surface area contributed by atoms with Gasteiger partial charge in [0.1, 0.15) is 27.0 Å². The van der Waals surface area contributed by atoms with Crippen molar-refractivity contribution in [3.05, 3.63) is 52.6 Å². The summed E-state index contributed by atoms with van der Waals surface area (Å²) in [7, 11) is 0. The van der Waals surface area contributed by atoms with Crippen LogP contribution in [0.2, 0.25) is 0 Å². The summed E-state index contributed by atoms with van der Waals surface area (Å²) in [5, 5.41) is 16.9. The third kappa shape index (κ3) is 2.80. The van der Waals surface area contributed by atoms with Crippen molar-refractivity contribution < 1.29 is 0 Å². The third-order valence-corrected chi connectivity index (χ3v) is 5.43. The maximum Gasteiger partial charge on any atom is 0.147 e. The van der Waals surface area contributed by atoms with Crippen molar-refractivity contribution in [3.8, 4) is 10.6 Å². The van der Waals surface area contributed by atoms with Crippen LogP contribution < -0.4 is 5.32 Å². The lowest BCUT2D eigenvalue weighted by Gasteiger charge is -2.04. The van der Waals surface area contributed by atoms with Crippen LogP contribution in [-0.4, -0.2) is 20.2 Å². The van der Waals surface area contributed by atoms with Crippen molar-refractivity contribution in [3.63, 3.8) is 0 Å². The van der Waals surface area contributed by atoms with E-state index in [2.05, 4.69) is 37.8 Å². The molecule has 0 amide bonds. The molecule has 1 aromatic carbocycles. The molecule has 23 heavy (non-hydrogen) atoms. The average molecular weight is 339 g/mol. The summed E-state index contributed by atoms with van der Waals surface area (Å²) < 4.78 is 0. The van der Waals surface area contributed by atoms with Crippen LogP contribution in [0.1, 0.15) is 10.6 Å². The van der Waals surface area contributed by atoms with Crippen LogP contribution >= 0.6 is 22.7 Å². The standard InChI is InChI=1S/C16H13N5S2/c1-10-8-22-16-13(10)14(18-9-19-16)17-7-12-20-21-15(23-12)11-5-3-2-4-6-11/h2-6,8-9H,7H2,1H3,(H,17,18,19). The smallest absolute Gasteiger partial charge is 0.147 e. The van der Waals surface area contributed by atoms with E-state index in [9.17, 15) is 0 Å². The van der Waals surface area contributed by atoms with E-state index in [0.29, 0.717) is 6.54 Å². The second-order valence-electron chi connectivity index (χ2n) is 5.04. The predicted octanol–water partition coefficient (Wildman–Crippen LogP) is 4.13. The average Bonchev–Trinajstić information content (AvgIpc) is 3.21. The highest BCUT2D eigenvalue weighted by molar-refractivity contribution is 7.17. The second kappa shape index (κ2) is 6.02. The summed E-state index contributed by atoms with van der Waals surface area (Å²) in [6, 6.07) is 10.1. The Morgan fingerprint density at radius 2 is 1.96 bits per heavy atom. The molecule has 4 rings (SSSR count). The summed E-state index contributed by atoms with van der Waals surface area (Å²) in [5.41, 5.74) is 2.28. The SMILES string of the molecule is Cc1csc2ncnc(NCc3nnc(-c4ccccc4)s3)c12. The first kappa shape index (κ1) is 14.2. The number of anilines is 1. The van der Waals surface area contributed by atoms with Crippen molar-refractivity contribution in [1.29, 1.82) is 0 Å². The van der Waals surface area contributed by atoms with Crippen LogP contribution in [-0.2, 0) is 6.54 Å². The minimum Gasteiger partial charge on any atom is -0.363 e. The van der Waals surface area contributed by atoms with Crippen LogP contribution in [0.4, 0.5) is 5.82 Å². The minimum atomic E-state index is 0.603.